The van der Waals surface area contributed by atoms with Gasteiger partial charge in [0.25, 0.3) is 5.91 Å². The number of carbonyl (C=O) groups excluding carboxylic acids is 2. The van der Waals surface area contributed by atoms with E-state index in [0.29, 0.717) is 5.56 Å². The zero-order valence-corrected chi connectivity index (χ0v) is 14.6. The Hall–Kier alpha value is -3.20. The third kappa shape index (κ3) is 2.62. The molecule has 2 aromatic rings. The van der Waals surface area contributed by atoms with Crippen molar-refractivity contribution in [1.29, 1.82) is 5.26 Å². The number of nitriles is 1. The molecule has 6 heteroatoms. The number of para-hydroxylation sites is 1. The first kappa shape index (κ1) is 17.6. The summed E-state index contributed by atoms with van der Waals surface area (Å²) in [5.41, 5.74) is -1.87. The summed E-state index contributed by atoms with van der Waals surface area (Å²) >= 11 is 0. The van der Waals surface area contributed by atoms with Crippen LogP contribution in [0.4, 0.5) is 14.9 Å². The van der Waals surface area contributed by atoms with Gasteiger partial charge in [0.2, 0.25) is 0 Å². The molecule has 3 rings (SSSR count). The summed E-state index contributed by atoms with van der Waals surface area (Å²) in [5, 5.41) is 9.94. The summed E-state index contributed by atoms with van der Waals surface area (Å²) in [5.74, 6) is -1.35. The van der Waals surface area contributed by atoms with E-state index in [1.807, 2.05) is 6.07 Å². The molecule has 0 saturated heterocycles. The van der Waals surface area contributed by atoms with Gasteiger partial charge in [0.05, 0.1) is 11.8 Å². The monoisotopic (exact) mass is 352 g/mol. The van der Waals surface area contributed by atoms with Gasteiger partial charge in [-0.2, -0.15) is 5.26 Å². The molecule has 26 heavy (non-hydrogen) atoms. The van der Waals surface area contributed by atoms with Crippen LogP contribution in [0.25, 0.3) is 0 Å². The fourth-order valence-electron chi connectivity index (χ4n) is 3.04. The third-order valence-electron chi connectivity index (χ3n) is 4.07. The average Bonchev–Trinajstić information content (AvgIpc) is 2.82. The molecule has 2 aromatic carbocycles. The van der Waals surface area contributed by atoms with Gasteiger partial charge in [-0.3, -0.25) is 4.79 Å². The minimum atomic E-state index is -1.81. The average molecular weight is 352 g/mol. The highest BCUT2D eigenvalue weighted by atomic mass is 19.1. The number of halogens is 1. The minimum absolute atomic E-state index is 0.170. The van der Waals surface area contributed by atoms with Crippen molar-refractivity contribution >= 4 is 17.7 Å². The maximum absolute atomic E-state index is 13.8. The summed E-state index contributed by atoms with van der Waals surface area (Å²) in [6.07, 6.45) is -0.872. The van der Waals surface area contributed by atoms with Crippen molar-refractivity contribution in [1.82, 2.24) is 0 Å². The van der Waals surface area contributed by atoms with Crippen molar-refractivity contribution in [2.24, 2.45) is 0 Å². The molecule has 0 aliphatic carbocycles. The van der Waals surface area contributed by atoms with Gasteiger partial charge in [-0.25, -0.2) is 14.1 Å². The van der Waals surface area contributed by atoms with Crippen molar-refractivity contribution in [2.45, 2.75) is 31.8 Å². The van der Waals surface area contributed by atoms with E-state index in [9.17, 15) is 19.2 Å². The molecule has 5 nitrogen and oxygen atoms in total. The molecule has 1 heterocycles. The van der Waals surface area contributed by atoms with Crippen LogP contribution in [0, 0.1) is 17.1 Å². The Morgan fingerprint density at radius 2 is 1.88 bits per heavy atom. The summed E-state index contributed by atoms with van der Waals surface area (Å²) in [6, 6.07) is 13.8. The highest BCUT2D eigenvalue weighted by Crippen LogP contribution is 2.46. The standard InChI is InChI=1S/C20H17FN2O3/c1-19(2,3)26-18(25)23-16-10-5-4-9-15(16)20(12-22,17(23)24)13-7-6-8-14(21)11-13/h4-11H,1-3H3/t20-/m1/s1. The molecule has 1 aliphatic rings. The number of ether oxygens (including phenoxy) is 1. The van der Waals surface area contributed by atoms with Crippen LogP contribution < -0.4 is 4.90 Å². The number of nitrogens with zero attached hydrogens (tertiary/aromatic N) is 2. The van der Waals surface area contributed by atoms with Crippen molar-refractivity contribution < 1.29 is 18.7 Å². The second-order valence-electron chi connectivity index (χ2n) is 7.01. The second-order valence-corrected chi connectivity index (χ2v) is 7.01. The first-order valence-corrected chi connectivity index (χ1v) is 8.05. The van der Waals surface area contributed by atoms with Crippen molar-refractivity contribution in [3.05, 3.63) is 65.5 Å². The first-order chi connectivity index (χ1) is 12.2. The first-order valence-electron chi connectivity index (χ1n) is 8.05. The zero-order chi connectivity index (χ0) is 19.1. The number of anilines is 1. The smallest absolute Gasteiger partial charge is 0.421 e. The molecule has 0 radical (unpaired) electrons. The molecule has 0 spiro atoms. The molecule has 0 unspecified atom stereocenters. The molecule has 0 fully saturated rings. The number of hydrogen-bond acceptors (Lipinski definition) is 4. The van der Waals surface area contributed by atoms with Gasteiger partial charge in [-0.05, 0) is 44.5 Å². The molecular weight excluding hydrogens is 335 g/mol. The van der Waals surface area contributed by atoms with Gasteiger partial charge in [0.1, 0.15) is 11.4 Å². The third-order valence-corrected chi connectivity index (χ3v) is 4.07. The Morgan fingerprint density at radius 3 is 2.50 bits per heavy atom. The van der Waals surface area contributed by atoms with E-state index in [1.54, 1.807) is 45.0 Å². The zero-order valence-electron chi connectivity index (χ0n) is 14.6. The largest absolute Gasteiger partial charge is 0.443 e. The molecule has 0 N–H and O–H groups in total. The Bertz CT molecular complexity index is 943. The lowest BCUT2D eigenvalue weighted by atomic mass is 9.76. The number of imide groups is 1. The minimum Gasteiger partial charge on any atom is -0.443 e. The van der Waals surface area contributed by atoms with Gasteiger partial charge in [0, 0.05) is 5.56 Å². The quantitative estimate of drug-likeness (QED) is 0.780. The fourth-order valence-corrected chi connectivity index (χ4v) is 3.04. The summed E-state index contributed by atoms with van der Waals surface area (Å²) in [7, 11) is 0. The van der Waals surface area contributed by atoms with Gasteiger partial charge in [0.15, 0.2) is 5.41 Å². The van der Waals surface area contributed by atoms with Crippen LogP contribution in [0.3, 0.4) is 0 Å². The lowest BCUT2D eigenvalue weighted by Crippen LogP contribution is -2.45. The molecule has 132 valence electrons. The molecular formula is C20H17FN2O3. The predicted molar refractivity (Wildman–Crippen MR) is 93.0 cm³/mol. The number of rotatable bonds is 1. The van der Waals surface area contributed by atoms with Crippen LogP contribution in [-0.4, -0.2) is 17.6 Å². The molecule has 1 atom stereocenters. The van der Waals surface area contributed by atoms with Gasteiger partial charge >= 0.3 is 6.09 Å². The number of amides is 2. The molecule has 2 amide bonds. The van der Waals surface area contributed by atoms with Crippen LogP contribution in [0.5, 0.6) is 0 Å². The van der Waals surface area contributed by atoms with Crippen LogP contribution in [0.2, 0.25) is 0 Å². The lowest BCUT2D eigenvalue weighted by molar-refractivity contribution is -0.120. The Labute approximate surface area is 150 Å². The van der Waals surface area contributed by atoms with Crippen molar-refractivity contribution in [3.8, 4) is 6.07 Å². The summed E-state index contributed by atoms with van der Waals surface area (Å²) < 4.78 is 19.1. The van der Waals surface area contributed by atoms with E-state index in [2.05, 4.69) is 0 Å². The van der Waals surface area contributed by atoms with E-state index in [1.165, 1.54) is 18.2 Å². The van der Waals surface area contributed by atoms with E-state index >= 15 is 0 Å². The summed E-state index contributed by atoms with van der Waals surface area (Å²) in [4.78, 5) is 26.7. The molecule has 1 aliphatic heterocycles. The summed E-state index contributed by atoms with van der Waals surface area (Å²) in [6.45, 7) is 5.05. The second kappa shape index (κ2) is 5.95. The van der Waals surface area contributed by atoms with Gasteiger partial charge < -0.3 is 4.74 Å². The van der Waals surface area contributed by atoms with Crippen LogP contribution in [0.15, 0.2) is 48.5 Å². The number of benzene rings is 2. The Kier molecular flexibility index (Phi) is 4.03. The highest BCUT2D eigenvalue weighted by molar-refractivity contribution is 6.23. The molecule has 0 aromatic heterocycles. The SMILES string of the molecule is CC(C)(C)OC(=O)N1C(=O)[C@](C#N)(c2cccc(F)c2)c2ccccc21. The normalized spacial score (nSPS) is 19.0. The van der Waals surface area contributed by atoms with Crippen LogP contribution in [0.1, 0.15) is 31.9 Å². The maximum atomic E-state index is 13.8. The number of hydrogen-bond donors (Lipinski definition) is 0. The highest BCUT2D eigenvalue weighted by Gasteiger charge is 2.55. The van der Waals surface area contributed by atoms with E-state index in [4.69, 9.17) is 4.74 Å². The number of carbonyl (C=O) groups is 2. The van der Waals surface area contributed by atoms with Crippen LogP contribution >= 0.6 is 0 Å². The Balaban J connectivity index is 2.21. The maximum Gasteiger partial charge on any atom is 0.421 e. The molecule has 0 saturated carbocycles. The van der Waals surface area contributed by atoms with E-state index < -0.39 is 28.8 Å². The van der Waals surface area contributed by atoms with Gasteiger partial charge in [-0.15, -0.1) is 0 Å². The predicted octanol–water partition coefficient (Wildman–Crippen LogP) is 3.92. The molecule has 0 bridgehead atoms. The van der Waals surface area contributed by atoms with E-state index in [-0.39, 0.29) is 11.3 Å². The Morgan fingerprint density at radius 1 is 1.19 bits per heavy atom. The lowest BCUT2D eigenvalue weighted by Gasteiger charge is -2.25. The fraction of sp³-hybridized carbons (Fsp3) is 0.250. The van der Waals surface area contributed by atoms with Crippen LogP contribution in [-0.2, 0) is 14.9 Å². The number of fused-ring (bicyclic) bond motifs is 1. The van der Waals surface area contributed by atoms with E-state index in [0.717, 1.165) is 11.0 Å². The van der Waals surface area contributed by atoms with Crippen molar-refractivity contribution in [2.75, 3.05) is 4.90 Å². The van der Waals surface area contributed by atoms with Gasteiger partial charge in [-0.1, -0.05) is 30.3 Å². The topological polar surface area (TPSA) is 70.4 Å². The van der Waals surface area contributed by atoms with Crippen molar-refractivity contribution in [3.63, 3.8) is 0 Å².